The first kappa shape index (κ1) is 10.9. The molecule has 0 aromatic carbocycles. The zero-order valence-corrected chi connectivity index (χ0v) is 7.62. The van der Waals surface area contributed by atoms with Crippen LogP contribution in [0.3, 0.4) is 0 Å². The standard InChI is InChI=1S/C8H19NO2/c1-4-9(7(2)5-10)8(3)6-11/h7-8,10-11H,4-6H2,1-3H3. The van der Waals surface area contributed by atoms with Gasteiger partial charge >= 0.3 is 0 Å². The Morgan fingerprint density at radius 3 is 1.64 bits per heavy atom. The minimum atomic E-state index is 0.141. The average Bonchev–Trinajstić information content (AvgIpc) is 2.05. The predicted octanol–water partition coefficient (Wildman–Crippen LogP) is 0.0699. The van der Waals surface area contributed by atoms with Gasteiger partial charge in [0.2, 0.25) is 0 Å². The summed E-state index contributed by atoms with van der Waals surface area (Å²) in [5.41, 5.74) is 0. The number of likely N-dealkylation sites (N-methyl/N-ethyl adjacent to an activating group) is 1. The summed E-state index contributed by atoms with van der Waals surface area (Å²) < 4.78 is 0. The minimum absolute atomic E-state index is 0.141. The van der Waals surface area contributed by atoms with E-state index in [-0.39, 0.29) is 25.3 Å². The summed E-state index contributed by atoms with van der Waals surface area (Å²) in [4.78, 5) is 2.07. The van der Waals surface area contributed by atoms with Crippen molar-refractivity contribution in [1.29, 1.82) is 0 Å². The van der Waals surface area contributed by atoms with E-state index in [4.69, 9.17) is 10.2 Å². The number of hydrogen-bond donors (Lipinski definition) is 2. The maximum Gasteiger partial charge on any atom is 0.0584 e. The van der Waals surface area contributed by atoms with Crippen LogP contribution in [0.2, 0.25) is 0 Å². The van der Waals surface area contributed by atoms with E-state index < -0.39 is 0 Å². The maximum absolute atomic E-state index is 8.86. The van der Waals surface area contributed by atoms with E-state index in [9.17, 15) is 0 Å². The first-order valence-corrected chi connectivity index (χ1v) is 4.14. The van der Waals surface area contributed by atoms with E-state index >= 15 is 0 Å². The van der Waals surface area contributed by atoms with Gasteiger partial charge in [0.25, 0.3) is 0 Å². The Labute approximate surface area is 68.6 Å². The number of aliphatic hydroxyl groups excluding tert-OH is 2. The van der Waals surface area contributed by atoms with Gasteiger partial charge in [-0.25, -0.2) is 0 Å². The molecular weight excluding hydrogens is 142 g/mol. The van der Waals surface area contributed by atoms with E-state index in [1.165, 1.54) is 0 Å². The largest absolute Gasteiger partial charge is 0.395 e. The lowest BCUT2D eigenvalue weighted by atomic mass is 10.2. The minimum Gasteiger partial charge on any atom is -0.395 e. The van der Waals surface area contributed by atoms with Gasteiger partial charge in [-0.1, -0.05) is 6.92 Å². The number of rotatable bonds is 5. The van der Waals surface area contributed by atoms with Gasteiger partial charge in [-0.05, 0) is 20.4 Å². The van der Waals surface area contributed by atoms with Crippen LogP contribution in [0, 0.1) is 0 Å². The second-order valence-corrected chi connectivity index (χ2v) is 2.89. The summed E-state index contributed by atoms with van der Waals surface area (Å²) >= 11 is 0. The van der Waals surface area contributed by atoms with E-state index in [0.717, 1.165) is 6.54 Å². The zero-order chi connectivity index (χ0) is 8.85. The molecule has 0 saturated heterocycles. The SMILES string of the molecule is CCN(C(C)CO)C(C)CO. The molecule has 0 rings (SSSR count). The molecule has 11 heavy (non-hydrogen) atoms. The molecule has 0 fully saturated rings. The van der Waals surface area contributed by atoms with Crippen molar-refractivity contribution in [3.63, 3.8) is 0 Å². The molecule has 3 nitrogen and oxygen atoms in total. The Bertz CT molecular complexity index is 88.1. The molecular formula is C8H19NO2. The van der Waals surface area contributed by atoms with Crippen LogP contribution < -0.4 is 0 Å². The van der Waals surface area contributed by atoms with Crippen molar-refractivity contribution in [2.75, 3.05) is 19.8 Å². The van der Waals surface area contributed by atoms with E-state index in [2.05, 4.69) is 4.90 Å². The van der Waals surface area contributed by atoms with Gasteiger partial charge in [0, 0.05) is 12.1 Å². The fourth-order valence-corrected chi connectivity index (χ4v) is 1.27. The molecule has 2 unspecified atom stereocenters. The first-order chi connectivity index (χ1) is 5.17. The highest BCUT2D eigenvalue weighted by Crippen LogP contribution is 2.03. The average molecular weight is 161 g/mol. The fourth-order valence-electron chi connectivity index (χ4n) is 1.27. The number of aliphatic hydroxyl groups is 2. The second kappa shape index (κ2) is 5.52. The summed E-state index contributed by atoms with van der Waals surface area (Å²) in [6.07, 6.45) is 0. The molecule has 0 aromatic rings. The first-order valence-electron chi connectivity index (χ1n) is 4.14. The summed E-state index contributed by atoms with van der Waals surface area (Å²) in [6, 6.07) is 0.282. The van der Waals surface area contributed by atoms with Gasteiger partial charge < -0.3 is 10.2 Å². The Hall–Kier alpha value is -0.120. The monoisotopic (exact) mass is 161 g/mol. The smallest absolute Gasteiger partial charge is 0.0584 e. The van der Waals surface area contributed by atoms with Crippen LogP contribution >= 0.6 is 0 Å². The number of hydrogen-bond acceptors (Lipinski definition) is 3. The van der Waals surface area contributed by atoms with Crippen molar-refractivity contribution in [3.8, 4) is 0 Å². The van der Waals surface area contributed by atoms with Crippen LogP contribution in [0.25, 0.3) is 0 Å². The molecule has 2 N–H and O–H groups in total. The Balaban J connectivity index is 3.92. The molecule has 0 heterocycles. The second-order valence-electron chi connectivity index (χ2n) is 2.89. The Morgan fingerprint density at radius 1 is 1.09 bits per heavy atom. The third-order valence-corrected chi connectivity index (χ3v) is 2.03. The van der Waals surface area contributed by atoms with E-state index in [1.807, 2.05) is 20.8 Å². The Morgan fingerprint density at radius 2 is 1.45 bits per heavy atom. The number of nitrogens with zero attached hydrogens (tertiary/aromatic N) is 1. The Kier molecular flexibility index (Phi) is 5.46. The lowest BCUT2D eigenvalue weighted by molar-refractivity contribution is 0.0729. The topological polar surface area (TPSA) is 43.7 Å². The van der Waals surface area contributed by atoms with E-state index in [1.54, 1.807) is 0 Å². The van der Waals surface area contributed by atoms with Crippen LogP contribution in [0.1, 0.15) is 20.8 Å². The van der Waals surface area contributed by atoms with Crippen molar-refractivity contribution < 1.29 is 10.2 Å². The molecule has 0 amide bonds. The highest BCUT2D eigenvalue weighted by Gasteiger charge is 2.16. The van der Waals surface area contributed by atoms with Gasteiger partial charge in [0.05, 0.1) is 13.2 Å². The molecule has 68 valence electrons. The molecule has 2 atom stereocenters. The quantitative estimate of drug-likeness (QED) is 0.599. The van der Waals surface area contributed by atoms with Crippen LogP contribution in [-0.4, -0.2) is 47.0 Å². The third kappa shape index (κ3) is 3.18. The van der Waals surface area contributed by atoms with Crippen molar-refractivity contribution in [2.24, 2.45) is 0 Å². The van der Waals surface area contributed by atoms with Crippen LogP contribution in [0.15, 0.2) is 0 Å². The predicted molar refractivity (Wildman–Crippen MR) is 45.5 cm³/mol. The molecule has 3 heteroatoms. The lowest BCUT2D eigenvalue weighted by Gasteiger charge is -2.31. The maximum atomic E-state index is 8.86. The summed E-state index contributed by atoms with van der Waals surface area (Å²) in [7, 11) is 0. The molecule has 0 aromatic heterocycles. The molecule has 0 saturated carbocycles. The zero-order valence-electron chi connectivity index (χ0n) is 7.62. The van der Waals surface area contributed by atoms with Crippen molar-refractivity contribution in [3.05, 3.63) is 0 Å². The van der Waals surface area contributed by atoms with Gasteiger partial charge in [0.15, 0.2) is 0 Å². The van der Waals surface area contributed by atoms with Crippen LogP contribution in [0.4, 0.5) is 0 Å². The lowest BCUT2D eigenvalue weighted by Crippen LogP contribution is -2.43. The van der Waals surface area contributed by atoms with Crippen molar-refractivity contribution in [1.82, 2.24) is 4.90 Å². The summed E-state index contributed by atoms with van der Waals surface area (Å²) in [5.74, 6) is 0. The van der Waals surface area contributed by atoms with Gasteiger partial charge in [0.1, 0.15) is 0 Å². The van der Waals surface area contributed by atoms with Crippen LogP contribution in [0.5, 0.6) is 0 Å². The van der Waals surface area contributed by atoms with Gasteiger partial charge in [-0.3, -0.25) is 4.90 Å². The summed E-state index contributed by atoms with van der Waals surface area (Å²) in [6.45, 7) is 7.10. The van der Waals surface area contributed by atoms with Crippen LogP contribution in [-0.2, 0) is 0 Å². The molecule has 0 radical (unpaired) electrons. The highest BCUT2D eigenvalue weighted by atomic mass is 16.3. The van der Waals surface area contributed by atoms with Gasteiger partial charge in [-0.15, -0.1) is 0 Å². The molecule has 0 aliphatic heterocycles. The van der Waals surface area contributed by atoms with Crippen molar-refractivity contribution in [2.45, 2.75) is 32.9 Å². The molecule has 0 bridgehead atoms. The normalized spacial score (nSPS) is 16.9. The molecule has 0 spiro atoms. The highest BCUT2D eigenvalue weighted by molar-refractivity contribution is 4.70. The van der Waals surface area contributed by atoms with Gasteiger partial charge in [-0.2, -0.15) is 0 Å². The fraction of sp³-hybridized carbons (Fsp3) is 1.00. The third-order valence-electron chi connectivity index (χ3n) is 2.03. The summed E-state index contributed by atoms with van der Waals surface area (Å²) in [5, 5.41) is 17.7. The molecule has 0 aliphatic rings. The molecule has 0 aliphatic carbocycles. The van der Waals surface area contributed by atoms with Crippen molar-refractivity contribution >= 4 is 0 Å². The van der Waals surface area contributed by atoms with E-state index in [0.29, 0.717) is 0 Å².